The van der Waals surface area contributed by atoms with Crippen LogP contribution in [0.4, 0.5) is 11.8 Å². The summed E-state index contributed by atoms with van der Waals surface area (Å²) < 4.78 is 1.76. The number of nitrogens with one attached hydrogen (secondary N) is 2. The molecule has 8 heteroatoms. The lowest BCUT2D eigenvalue weighted by atomic mass is 9.91. The Kier molecular flexibility index (Phi) is 5.87. The summed E-state index contributed by atoms with van der Waals surface area (Å²) in [6.07, 6.45) is 6.22. The predicted octanol–water partition coefficient (Wildman–Crippen LogP) is 3.60. The predicted molar refractivity (Wildman–Crippen MR) is 119 cm³/mol. The molecule has 0 amide bonds. The van der Waals surface area contributed by atoms with Gasteiger partial charge in [0.25, 0.3) is 0 Å². The topological polar surface area (TPSA) is 70.9 Å². The van der Waals surface area contributed by atoms with Crippen LogP contribution in [0.5, 0.6) is 0 Å². The van der Waals surface area contributed by atoms with Crippen LogP contribution in [0.15, 0.2) is 30.5 Å². The van der Waals surface area contributed by atoms with E-state index >= 15 is 0 Å². The third-order valence-corrected chi connectivity index (χ3v) is 5.80. The smallest absolute Gasteiger partial charge is 0.225 e. The van der Waals surface area contributed by atoms with Gasteiger partial charge >= 0.3 is 0 Å². The average Bonchev–Trinajstić information content (AvgIpc) is 3.03. The fraction of sp³-hybridized carbons (Fsp3) is 0.476. The van der Waals surface area contributed by atoms with E-state index in [0.717, 1.165) is 53.1 Å². The summed E-state index contributed by atoms with van der Waals surface area (Å²) in [4.78, 5) is 11.5. The Labute approximate surface area is 176 Å². The molecule has 29 heavy (non-hydrogen) atoms. The van der Waals surface area contributed by atoms with Gasteiger partial charge in [-0.3, -0.25) is 4.68 Å². The highest BCUT2D eigenvalue weighted by atomic mass is 35.5. The van der Waals surface area contributed by atoms with Crippen molar-refractivity contribution in [2.45, 2.75) is 44.3 Å². The molecule has 0 radical (unpaired) electrons. The van der Waals surface area contributed by atoms with Gasteiger partial charge in [-0.25, -0.2) is 4.98 Å². The number of nitrogens with zero attached hydrogens (tertiary/aromatic N) is 5. The van der Waals surface area contributed by atoms with Crippen molar-refractivity contribution in [2.75, 3.05) is 24.3 Å². The van der Waals surface area contributed by atoms with E-state index in [4.69, 9.17) is 21.6 Å². The van der Waals surface area contributed by atoms with Crippen molar-refractivity contribution in [2.24, 2.45) is 7.05 Å². The summed E-state index contributed by atoms with van der Waals surface area (Å²) in [7, 11) is 5.93. The van der Waals surface area contributed by atoms with E-state index in [2.05, 4.69) is 21.8 Å². The summed E-state index contributed by atoms with van der Waals surface area (Å²) in [6.45, 7) is 0.711. The number of benzene rings is 1. The molecule has 2 aromatic heterocycles. The molecule has 0 atom stereocenters. The molecule has 1 aliphatic rings. The van der Waals surface area contributed by atoms with Gasteiger partial charge in [-0.1, -0.05) is 23.7 Å². The van der Waals surface area contributed by atoms with Gasteiger partial charge in [-0.2, -0.15) is 10.1 Å². The standard InChI is InChI=1S/C21H28ClN7/c1-28(2)20-16-6-4-5-7-18(16)25-21(26-20)24-15-10-8-14(9-11-15)23-12-19-17(22)13-29(3)27-19/h4-7,13-15,23H,8-12H2,1-3H3,(H,24,25,26). The molecule has 0 saturated heterocycles. The Morgan fingerprint density at radius 1 is 1.10 bits per heavy atom. The molecular formula is C21H28ClN7. The van der Waals surface area contributed by atoms with Crippen molar-refractivity contribution >= 4 is 34.3 Å². The van der Waals surface area contributed by atoms with Crippen molar-refractivity contribution in [3.63, 3.8) is 0 Å². The minimum atomic E-state index is 0.391. The fourth-order valence-corrected chi connectivity index (χ4v) is 4.20. The second-order valence-corrected chi connectivity index (χ2v) is 8.36. The van der Waals surface area contributed by atoms with Crippen molar-refractivity contribution < 1.29 is 0 Å². The van der Waals surface area contributed by atoms with E-state index in [1.807, 2.05) is 50.4 Å². The van der Waals surface area contributed by atoms with Crippen LogP contribution in [0.3, 0.4) is 0 Å². The second kappa shape index (κ2) is 8.55. The molecule has 0 unspecified atom stereocenters. The van der Waals surface area contributed by atoms with Gasteiger partial charge in [0.2, 0.25) is 5.95 Å². The summed E-state index contributed by atoms with van der Waals surface area (Å²) >= 11 is 6.20. The third kappa shape index (κ3) is 4.62. The molecule has 2 N–H and O–H groups in total. The number of hydrogen-bond acceptors (Lipinski definition) is 6. The lowest BCUT2D eigenvalue weighted by Crippen LogP contribution is -2.37. The van der Waals surface area contributed by atoms with Crippen LogP contribution in [-0.2, 0) is 13.6 Å². The summed E-state index contributed by atoms with van der Waals surface area (Å²) in [5.74, 6) is 1.66. The molecule has 2 heterocycles. The second-order valence-electron chi connectivity index (χ2n) is 7.95. The third-order valence-electron chi connectivity index (χ3n) is 5.48. The molecule has 1 aromatic carbocycles. The van der Waals surface area contributed by atoms with Gasteiger partial charge in [-0.05, 0) is 37.8 Å². The maximum Gasteiger partial charge on any atom is 0.225 e. The van der Waals surface area contributed by atoms with E-state index in [-0.39, 0.29) is 0 Å². The first-order chi connectivity index (χ1) is 14.0. The summed E-state index contributed by atoms with van der Waals surface area (Å²) in [5.41, 5.74) is 1.88. The quantitative estimate of drug-likeness (QED) is 0.643. The number of anilines is 2. The van der Waals surface area contributed by atoms with Crippen molar-refractivity contribution in [3.05, 3.63) is 41.2 Å². The van der Waals surface area contributed by atoms with Crippen LogP contribution in [0.25, 0.3) is 10.9 Å². The van der Waals surface area contributed by atoms with E-state index in [1.54, 1.807) is 4.68 Å². The Hall–Kier alpha value is -2.38. The number of para-hydroxylation sites is 1. The largest absolute Gasteiger partial charge is 0.362 e. The maximum atomic E-state index is 6.20. The lowest BCUT2D eigenvalue weighted by molar-refractivity contribution is 0.350. The molecule has 1 aliphatic carbocycles. The Morgan fingerprint density at radius 2 is 1.83 bits per heavy atom. The molecule has 7 nitrogen and oxygen atoms in total. The minimum absolute atomic E-state index is 0.391. The molecule has 1 saturated carbocycles. The Balaban J connectivity index is 1.35. The Bertz CT molecular complexity index is 976. The van der Waals surface area contributed by atoms with Gasteiger partial charge in [0, 0.05) is 51.4 Å². The number of halogens is 1. The van der Waals surface area contributed by atoms with Gasteiger partial charge < -0.3 is 15.5 Å². The first-order valence-corrected chi connectivity index (χ1v) is 10.5. The van der Waals surface area contributed by atoms with Crippen molar-refractivity contribution in [1.29, 1.82) is 0 Å². The zero-order chi connectivity index (χ0) is 20.4. The molecule has 3 aromatic rings. The Morgan fingerprint density at radius 3 is 2.52 bits per heavy atom. The number of aromatic nitrogens is 4. The van der Waals surface area contributed by atoms with E-state index in [0.29, 0.717) is 24.6 Å². The van der Waals surface area contributed by atoms with Crippen LogP contribution < -0.4 is 15.5 Å². The molecule has 4 rings (SSSR count). The monoisotopic (exact) mass is 413 g/mol. The lowest BCUT2D eigenvalue weighted by Gasteiger charge is -2.30. The zero-order valence-corrected chi connectivity index (χ0v) is 17.9. The maximum absolute atomic E-state index is 6.20. The number of aryl methyl sites for hydroxylation is 1. The van der Waals surface area contributed by atoms with Gasteiger partial charge in [0.15, 0.2) is 0 Å². The highest BCUT2D eigenvalue weighted by Gasteiger charge is 2.22. The summed E-state index contributed by atoms with van der Waals surface area (Å²) in [5, 5.41) is 13.4. The summed E-state index contributed by atoms with van der Waals surface area (Å²) in [6, 6.07) is 9.03. The first-order valence-electron chi connectivity index (χ1n) is 10.1. The van der Waals surface area contributed by atoms with Crippen LogP contribution in [0, 0.1) is 0 Å². The van der Waals surface area contributed by atoms with E-state index < -0.39 is 0 Å². The van der Waals surface area contributed by atoms with E-state index in [1.165, 1.54) is 0 Å². The average molecular weight is 414 g/mol. The minimum Gasteiger partial charge on any atom is -0.362 e. The molecule has 1 fully saturated rings. The molecule has 154 valence electrons. The van der Waals surface area contributed by atoms with Gasteiger partial charge in [0.05, 0.1) is 16.2 Å². The molecule has 0 spiro atoms. The van der Waals surface area contributed by atoms with Crippen molar-refractivity contribution in [3.8, 4) is 0 Å². The SMILES string of the molecule is CN(C)c1nc(NC2CCC(NCc3nn(C)cc3Cl)CC2)nc2ccccc12. The normalized spacial score (nSPS) is 19.4. The van der Waals surface area contributed by atoms with Gasteiger partial charge in [-0.15, -0.1) is 0 Å². The molecule has 0 aliphatic heterocycles. The van der Waals surface area contributed by atoms with Crippen LogP contribution >= 0.6 is 11.6 Å². The highest BCUT2D eigenvalue weighted by molar-refractivity contribution is 6.31. The zero-order valence-electron chi connectivity index (χ0n) is 17.2. The van der Waals surface area contributed by atoms with Crippen LogP contribution in [0.2, 0.25) is 5.02 Å². The number of rotatable bonds is 6. The number of hydrogen-bond donors (Lipinski definition) is 2. The highest BCUT2D eigenvalue weighted by Crippen LogP contribution is 2.26. The van der Waals surface area contributed by atoms with Crippen LogP contribution in [-0.4, -0.2) is 45.9 Å². The van der Waals surface area contributed by atoms with Crippen molar-refractivity contribution in [1.82, 2.24) is 25.1 Å². The number of fused-ring (bicyclic) bond motifs is 1. The first kappa shape index (κ1) is 19.9. The molecule has 0 bridgehead atoms. The van der Waals surface area contributed by atoms with Gasteiger partial charge in [0.1, 0.15) is 5.82 Å². The van der Waals surface area contributed by atoms with Crippen LogP contribution in [0.1, 0.15) is 31.4 Å². The van der Waals surface area contributed by atoms with E-state index in [9.17, 15) is 0 Å². The molecular weight excluding hydrogens is 386 g/mol. The fourth-order valence-electron chi connectivity index (χ4n) is 3.96.